The molecule has 0 aromatic carbocycles. The molecule has 1 aliphatic rings. The van der Waals surface area contributed by atoms with E-state index in [9.17, 15) is 8.42 Å². The number of hydrogen-bond donors (Lipinski definition) is 1. The third-order valence-corrected chi connectivity index (χ3v) is 4.77. The molecule has 2 heterocycles. The van der Waals surface area contributed by atoms with Crippen LogP contribution in [0, 0.1) is 0 Å². The van der Waals surface area contributed by atoms with Crippen LogP contribution in [0.15, 0.2) is 6.20 Å². The van der Waals surface area contributed by atoms with Crippen LogP contribution in [0.4, 0.5) is 5.95 Å². The zero-order valence-corrected chi connectivity index (χ0v) is 10.0. The molecule has 0 saturated heterocycles. The zero-order valence-electron chi connectivity index (χ0n) is 9.21. The second kappa shape index (κ2) is 3.67. The Labute approximate surface area is 94.6 Å². The smallest absolute Gasteiger partial charge is 0.220 e. The van der Waals surface area contributed by atoms with Gasteiger partial charge in [0.1, 0.15) is 0 Å². The number of aromatic nitrogens is 2. The molecular formula is C9H14N4O2S. The van der Waals surface area contributed by atoms with Crippen LogP contribution in [0.3, 0.4) is 0 Å². The lowest BCUT2D eigenvalue weighted by atomic mass is 10.3. The zero-order chi connectivity index (χ0) is 11.9. The van der Waals surface area contributed by atoms with E-state index in [1.165, 1.54) is 4.31 Å². The first-order chi connectivity index (χ1) is 7.41. The van der Waals surface area contributed by atoms with Gasteiger partial charge in [-0.15, -0.1) is 0 Å². The summed E-state index contributed by atoms with van der Waals surface area (Å²) in [7, 11) is -3.23. The normalized spacial score (nSPS) is 16.7. The van der Waals surface area contributed by atoms with Crippen molar-refractivity contribution in [2.45, 2.75) is 32.2 Å². The van der Waals surface area contributed by atoms with E-state index >= 15 is 0 Å². The van der Waals surface area contributed by atoms with Crippen LogP contribution < -0.4 is 5.73 Å². The fraction of sp³-hybridized carbons (Fsp3) is 0.556. The van der Waals surface area contributed by atoms with Crippen LogP contribution >= 0.6 is 0 Å². The van der Waals surface area contributed by atoms with E-state index in [1.54, 1.807) is 20.0 Å². The van der Waals surface area contributed by atoms with Crippen molar-refractivity contribution in [3.05, 3.63) is 17.5 Å². The Morgan fingerprint density at radius 2 is 2.12 bits per heavy atom. The molecule has 0 radical (unpaired) electrons. The molecule has 0 bridgehead atoms. The van der Waals surface area contributed by atoms with E-state index in [0.29, 0.717) is 18.8 Å². The van der Waals surface area contributed by atoms with Crippen LogP contribution in [0.2, 0.25) is 0 Å². The molecule has 7 heteroatoms. The Morgan fingerprint density at radius 3 is 2.75 bits per heavy atom. The van der Waals surface area contributed by atoms with Gasteiger partial charge in [-0.3, -0.25) is 0 Å². The third-order valence-electron chi connectivity index (χ3n) is 2.60. The van der Waals surface area contributed by atoms with Crippen molar-refractivity contribution in [1.82, 2.24) is 14.3 Å². The first-order valence-electron chi connectivity index (χ1n) is 5.00. The number of nitrogen functional groups attached to an aromatic ring is 1. The molecule has 0 atom stereocenters. The molecule has 0 spiro atoms. The lowest BCUT2D eigenvalue weighted by Gasteiger charge is -2.17. The Morgan fingerprint density at radius 1 is 1.44 bits per heavy atom. The highest BCUT2D eigenvalue weighted by molar-refractivity contribution is 7.89. The number of nitrogens with zero attached hydrogens (tertiary/aromatic N) is 3. The number of fused-ring (bicyclic) bond motifs is 1. The van der Waals surface area contributed by atoms with Gasteiger partial charge in [-0.2, -0.15) is 4.31 Å². The quantitative estimate of drug-likeness (QED) is 0.795. The van der Waals surface area contributed by atoms with Gasteiger partial charge in [0, 0.05) is 18.3 Å². The number of hydrogen-bond acceptors (Lipinski definition) is 5. The average Bonchev–Trinajstić information content (AvgIpc) is 2.60. The number of nitrogens with two attached hydrogens (primary N) is 1. The Bertz CT molecular complexity index is 512. The number of anilines is 1. The highest BCUT2D eigenvalue weighted by atomic mass is 32.2. The van der Waals surface area contributed by atoms with Crippen LogP contribution in [0.25, 0.3) is 0 Å². The third kappa shape index (κ3) is 1.76. The molecule has 16 heavy (non-hydrogen) atoms. The second-order valence-corrected chi connectivity index (χ2v) is 6.55. The first-order valence-corrected chi connectivity index (χ1v) is 6.51. The first kappa shape index (κ1) is 11.3. The van der Waals surface area contributed by atoms with Gasteiger partial charge in [-0.1, -0.05) is 0 Å². The van der Waals surface area contributed by atoms with Gasteiger partial charge < -0.3 is 5.73 Å². The fourth-order valence-electron chi connectivity index (χ4n) is 1.62. The highest BCUT2D eigenvalue weighted by Crippen LogP contribution is 2.25. The lowest BCUT2D eigenvalue weighted by Crippen LogP contribution is -2.32. The summed E-state index contributed by atoms with van der Waals surface area (Å²) in [5.41, 5.74) is 6.99. The van der Waals surface area contributed by atoms with Crippen LogP contribution in [0.5, 0.6) is 0 Å². The summed E-state index contributed by atoms with van der Waals surface area (Å²) in [6.07, 6.45) is 1.59. The molecule has 0 fully saturated rings. The minimum Gasteiger partial charge on any atom is -0.368 e. The largest absolute Gasteiger partial charge is 0.368 e. The highest BCUT2D eigenvalue weighted by Gasteiger charge is 2.32. The van der Waals surface area contributed by atoms with Gasteiger partial charge in [0.2, 0.25) is 16.0 Å². The van der Waals surface area contributed by atoms with E-state index < -0.39 is 15.3 Å². The van der Waals surface area contributed by atoms with Crippen LogP contribution in [0.1, 0.15) is 25.1 Å². The molecule has 1 aliphatic heterocycles. The minimum absolute atomic E-state index is 0.183. The topological polar surface area (TPSA) is 89.2 Å². The Balaban J connectivity index is 2.30. The molecule has 2 N–H and O–H groups in total. The molecule has 88 valence electrons. The summed E-state index contributed by atoms with van der Waals surface area (Å²) in [5.74, 6) is 0.183. The maximum absolute atomic E-state index is 11.9. The summed E-state index contributed by atoms with van der Waals surface area (Å²) in [6.45, 7) is 3.97. The molecule has 2 rings (SSSR count). The minimum atomic E-state index is -3.23. The lowest BCUT2D eigenvalue weighted by molar-refractivity contribution is 0.424. The molecule has 6 nitrogen and oxygen atoms in total. The van der Waals surface area contributed by atoms with E-state index in [1.807, 2.05) is 0 Å². The average molecular weight is 242 g/mol. The van der Waals surface area contributed by atoms with Crippen molar-refractivity contribution >= 4 is 16.0 Å². The fourth-order valence-corrected chi connectivity index (χ4v) is 2.84. The maximum atomic E-state index is 11.9. The maximum Gasteiger partial charge on any atom is 0.220 e. The predicted octanol–water partition coefficient (Wildman–Crippen LogP) is 0.113. The summed E-state index contributed by atoms with van der Waals surface area (Å²) in [6, 6.07) is 0. The molecule has 0 unspecified atom stereocenters. The molecule has 0 aliphatic carbocycles. The molecular weight excluding hydrogens is 228 g/mol. The second-order valence-electron chi connectivity index (χ2n) is 4.06. The Hall–Kier alpha value is -1.21. The van der Waals surface area contributed by atoms with Gasteiger partial charge in [0.05, 0.1) is 17.5 Å². The van der Waals surface area contributed by atoms with Gasteiger partial charge >= 0.3 is 0 Å². The van der Waals surface area contributed by atoms with E-state index in [0.717, 1.165) is 5.56 Å². The van der Waals surface area contributed by atoms with Crippen LogP contribution in [-0.4, -0.2) is 27.9 Å². The Kier molecular flexibility index (Phi) is 2.59. The van der Waals surface area contributed by atoms with Crippen molar-refractivity contribution in [3.63, 3.8) is 0 Å². The van der Waals surface area contributed by atoms with Gasteiger partial charge in [0.25, 0.3) is 0 Å². The van der Waals surface area contributed by atoms with Crippen molar-refractivity contribution in [1.29, 1.82) is 0 Å². The van der Waals surface area contributed by atoms with Crippen molar-refractivity contribution in [2.75, 3.05) is 5.73 Å². The SMILES string of the molecule is CC(C)S(=O)(=O)N1Cc2cnc(N)nc2C1. The van der Waals surface area contributed by atoms with E-state index in [4.69, 9.17) is 5.73 Å². The van der Waals surface area contributed by atoms with Crippen molar-refractivity contribution in [2.24, 2.45) is 0 Å². The molecule has 0 saturated carbocycles. The molecule has 1 aromatic rings. The van der Waals surface area contributed by atoms with Gasteiger partial charge in [0.15, 0.2) is 0 Å². The van der Waals surface area contributed by atoms with Crippen molar-refractivity contribution in [3.8, 4) is 0 Å². The number of sulfonamides is 1. The van der Waals surface area contributed by atoms with E-state index in [2.05, 4.69) is 9.97 Å². The predicted molar refractivity (Wildman–Crippen MR) is 59.7 cm³/mol. The summed E-state index contributed by atoms with van der Waals surface area (Å²) in [5, 5.41) is -0.424. The standard InChI is InChI=1S/C9H14N4O2S/c1-6(2)16(14,15)13-4-7-3-11-9(10)12-8(7)5-13/h3,6H,4-5H2,1-2H3,(H2,10,11,12). The number of rotatable bonds is 2. The molecule has 1 aromatic heterocycles. The van der Waals surface area contributed by atoms with Crippen LogP contribution in [-0.2, 0) is 23.1 Å². The molecule has 0 amide bonds. The van der Waals surface area contributed by atoms with Gasteiger partial charge in [-0.05, 0) is 13.8 Å². The monoisotopic (exact) mass is 242 g/mol. The summed E-state index contributed by atoms with van der Waals surface area (Å²) >= 11 is 0. The van der Waals surface area contributed by atoms with E-state index in [-0.39, 0.29) is 5.95 Å². The van der Waals surface area contributed by atoms with Crippen molar-refractivity contribution < 1.29 is 8.42 Å². The summed E-state index contributed by atoms with van der Waals surface area (Å²) in [4.78, 5) is 7.89. The summed E-state index contributed by atoms with van der Waals surface area (Å²) < 4.78 is 25.3. The van der Waals surface area contributed by atoms with Gasteiger partial charge in [-0.25, -0.2) is 18.4 Å².